The summed E-state index contributed by atoms with van der Waals surface area (Å²) in [4.78, 5) is 12.9. The summed E-state index contributed by atoms with van der Waals surface area (Å²) in [5, 5.41) is 3.04. The van der Waals surface area contributed by atoms with Gasteiger partial charge in [0.05, 0.1) is 9.92 Å². The van der Waals surface area contributed by atoms with Crippen LogP contribution in [-0.2, 0) is 19.7 Å². The lowest BCUT2D eigenvalue weighted by Crippen LogP contribution is -2.11. The van der Waals surface area contributed by atoms with Crippen molar-refractivity contribution >= 4 is 37.1 Å². The molecular formula is C15H14ClNO6S2. The molecule has 25 heavy (non-hydrogen) atoms. The van der Waals surface area contributed by atoms with Crippen molar-refractivity contribution in [2.75, 3.05) is 12.5 Å². The maximum absolute atomic E-state index is 12.9. The summed E-state index contributed by atoms with van der Waals surface area (Å²) in [5.74, 6) is -0.474. The molecule has 0 bridgehead atoms. The van der Waals surface area contributed by atoms with E-state index >= 15 is 0 Å². The van der Waals surface area contributed by atoms with Crippen molar-refractivity contribution in [3.05, 3.63) is 40.1 Å². The highest BCUT2D eigenvalue weighted by molar-refractivity contribution is 7.91. The predicted octanol–water partition coefficient (Wildman–Crippen LogP) is 2.24. The van der Waals surface area contributed by atoms with Crippen LogP contribution in [0.5, 0.6) is 0 Å². The maximum Gasteiger partial charge on any atom is 0.209 e. The second-order valence-corrected chi connectivity index (χ2v) is 10.4. The molecule has 0 atom stereocenters. The molecule has 2 aromatic rings. The number of hydrogen-bond acceptors (Lipinski definition) is 7. The third-order valence-electron chi connectivity index (χ3n) is 3.83. The molecule has 1 aromatic carbocycles. The van der Waals surface area contributed by atoms with E-state index in [-0.39, 0.29) is 32.7 Å². The molecular weight excluding hydrogens is 390 g/mol. The van der Waals surface area contributed by atoms with Gasteiger partial charge in [0.2, 0.25) is 10.8 Å². The summed E-state index contributed by atoms with van der Waals surface area (Å²) >= 11 is 6.08. The fourth-order valence-corrected chi connectivity index (χ4v) is 4.13. The number of carbonyl (C=O) groups is 1. The van der Waals surface area contributed by atoms with Crippen molar-refractivity contribution in [3.8, 4) is 0 Å². The Kier molecular flexibility index (Phi) is 4.29. The highest BCUT2D eigenvalue weighted by Crippen LogP contribution is 2.44. The van der Waals surface area contributed by atoms with E-state index in [0.29, 0.717) is 0 Å². The van der Waals surface area contributed by atoms with Crippen LogP contribution in [-0.4, -0.2) is 40.3 Å². The average molecular weight is 404 g/mol. The normalized spacial score (nSPS) is 15.3. The monoisotopic (exact) mass is 403 g/mol. The lowest BCUT2D eigenvalue weighted by molar-refractivity contribution is 0.103. The molecule has 1 saturated carbocycles. The number of sulfone groups is 2. The molecule has 10 heteroatoms. The van der Waals surface area contributed by atoms with E-state index in [4.69, 9.17) is 16.1 Å². The minimum Gasteiger partial charge on any atom is -0.359 e. The highest BCUT2D eigenvalue weighted by Gasteiger charge is 2.38. The van der Waals surface area contributed by atoms with Crippen molar-refractivity contribution in [2.24, 2.45) is 0 Å². The van der Waals surface area contributed by atoms with Crippen LogP contribution in [0.1, 0.15) is 40.4 Å². The lowest BCUT2D eigenvalue weighted by Gasteiger charge is -2.06. The minimum atomic E-state index is -3.78. The van der Waals surface area contributed by atoms with Gasteiger partial charge in [-0.3, -0.25) is 4.79 Å². The topological polar surface area (TPSA) is 111 Å². The molecule has 0 amide bonds. The zero-order valence-electron chi connectivity index (χ0n) is 13.3. The number of rotatable bonds is 5. The molecule has 1 fully saturated rings. The minimum absolute atomic E-state index is 0.0101. The number of carbonyl (C=O) groups excluding carboxylic acids is 1. The first-order valence-corrected chi connectivity index (χ1v) is 11.4. The summed E-state index contributed by atoms with van der Waals surface area (Å²) < 4.78 is 52.1. The van der Waals surface area contributed by atoms with Gasteiger partial charge in [0.25, 0.3) is 0 Å². The second-order valence-electron chi connectivity index (χ2n) is 6.02. The number of ketones is 1. The zero-order valence-corrected chi connectivity index (χ0v) is 15.7. The fourth-order valence-electron chi connectivity index (χ4n) is 2.42. The smallest absolute Gasteiger partial charge is 0.209 e. The van der Waals surface area contributed by atoms with Crippen LogP contribution < -0.4 is 0 Å². The SMILES string of the molecule is CS(=O)(=O)c1ccc(C(=O)c2c(S(C)(=O)=O)noc2C2CC2)c(Cl)c1. The van der Waals surface area contributed by atoms with Crippen molar-refractivity contribution < 1.29 is 26.2 Å². The molecule has 1 aromatic heterocycles. The summed E-state index contributed by atoms with van der Waals surface area (Å²) in [7, 11) is -7.27. The number of nitrogens with zero attached hydrogens (tertiary/aromatic N) is 1. The highest BCUT2D eigenvalue weighted by atomic mass is 35.5. The Bertz CT molecular complexity index is 1080. The van der Waals surface area contributed by atoms with E-state index in [1.807, 2.05) is 0 Å². The van der Waals surface area contributed by atoms with Crippen molar-refractivity contribution in [1.82, 2.24) is 5.16 Å². The first-order valence-electron chi connectivity index (χ1n) is 7.24. The van der Waals surface area contributed by atoms with Crippen molar-refractivity contribution in [2.45, 2.75) is 28.7 Å². The van der Waals surface area contributed by atoms with Crippen LogP contribution in [0.4, 0.5) is 0 Å². The molecule has 0 spiro atoms. The Hall–Kier alpha value is -1.71. The van der Waals surface area contributed by atoms with Gasteiger partial charge in [0, 0.05) is 24.0 Å². The number of aromatic nitrogens is 1. The third-order valence-corrected chi connectivity index (χ3v) is 6.23. The van der Waals surface area contributed by atoms with E-state index in [9.17, 15) is 21.6 Å². The fraction of sp³-hybridized carbons (Fsp3) is 0.333. The molecule has 0 saturated heterocycles. The largest absolute Gasteiger partial charge is 0.359 e. The molecule has 0 aliphatic heterocycles. The summed E-state index contributed by atoms with van der Waals surface area (Å²) in [6, 6.07) is 3.67. The summed E-state index contributed by atoms with van der Waals surface area (Å²) in [6.07, 6.45) is 3.51. The van der Waals surface area contributed by atoms with Gasteiger partial charge in [-0.15, -0.1) is 0 Å². The van der Waals surface area contributed by atoms with Crippen molar-refractivity contribution in [1.29, 1.82) is 0 Å². The Balaban J connectivity index is 2.15. The van der Waals surface area contributed by atoms with E-state index < -0.39 is 30.5 Å². The zero-order chi connectivity index (χ0) is 18.6. The van der Waals surface area contributed by atoms with Crippen LogP contribution in [0.15, 0.2) is 32.6 Å². The van der Waals surface area contributed by atoms with Gasteiger partial charge in [-0.1, -0.05) is 16.8 Å². The molecule has 0 unspecified atom stereocenters. The Labute approximate surface area is 149 Å². The third kappa shape index (κ3) is 3.49. The van der Waals surface area contributed by atoms with Gasteiger partial charge in [0.15, 0.2) is 25.4 Å². The first-order chi connectivity index (χ1) is 11.5. The Morgan fingerprint density at radius 3 is 2.28 bits per heavy atom. The van der Waals surface area contributed by atoms with Gasteiger partial charge < -0.3 is 4.52 Å². The van der Waals surface area contributed by atoms with Gasteiger partial charge in [-0.05, 0) is 31.0 Å². The van der Waals surface area contributed by atoms with Crippen LogP contribution >= 0.6 is 11.6 Å². The first kappa shape index (κ1) is 18.1. The summed E-state index contributed by atoms with van der Waals surface area (Å²) in [5.41, 5.74) is -0.136. The number of benzene rings is 1. The molecule has 0 radical (unpaired) electrons. The van der Waals surface area contributed by atoms with Gasteiger partial charge in [-0.25, -0.2) is 16.8 Å². The van der Waals surface area contributed by atoms with E-state index in [0.717, 1.165) is 31.4 Å². The number of halogens is 1. The summed E-state index contributed by atoms with van der Waals surface area (Å²) in [6.45, 7) is 0. The molecule has 7 nitrogen and oxygen atoms in total. The Morgan fingerprint density at radius 2 is 1.80 bits per heavy atom. The van der Waals surface area contributed by atoms with Crippen molar-refractivity contribution in [3.63, 3.8) is 0 Å². The van der Waals surface area contributed by atoms with Crippen LogP contribution in [0, 0.1) is 0 Å². The van der Waals surface area contributed by atoms with Gasteiger partial charge in [0.1, 0.15) is 5.56 Å². The van der Waals surface area contributed by atoms with Gasteiger partial charge >= 0.3 is 0 Å². The van der Waals surface area contributed by atoms with E-state index in [1.165, 1.54) is 12.1 Å². The van der Waals surface area contributed by atoms with Gasteiger partial charge in [-0.2, -0.15) is 0 Å². The van der Waals surface area contributed by atoms with E-state index in [1.54, 1.807) is 0 Å². The molecule has 134 valence electrons. The molecule has 1 aliphatic carbocycles. The van der Waals surface area contributed by atoms with Crippen LogP contribution in [0.25, 0.3) is 0 Å². The molecule has 1 heterocycles. The van der Waals surface area contributed by atoms with Crippen LogP contribution in [0.3, 0.4) is 0 Å². The molecule has 3 rings (SSSR count). The number of hydrogen-bond donors (Lipinski definition) is 0. The standard InChI is InChI=1S/C15H14ClNO6S2/c1-24(19,20)9-5-6-10(11(16)7-9)13(18)12-14(8-3-4-8)23-17-15(12)25(2,21)22/h5-8H,3-4H2,1-2H3. The Morgan fingerprint density at radius 1 is 1.16 bits per heavy atom. The second kappa shape index (κ2) is 5.93. The van der Waals surface area contributed by atoms with Crippen LogP contribution in [0.2, 0.25) is 5.02 Å². The maximum atomic E-state index is 12.9. The average Bonchev–Trinajstić information content (AvgIpc) is 3.22. The lowest BCUT2D eigenvalue weighted by atomic mass is 10.0. The predicted molar refractivity (Wildman–Crippen MR) is 89.6 cm³/mol. The molecule has 1 aliphatic rings. The molecule has 0 N–H and O–H groups in total. The quantitative estimate of drug-likeness (QED) is 0.703. The van der Waals surface area contributed by atoms with E-state index in [2.05, 4.69) is 5.16 Å².